The molecule has 9 heteroatoms. The number of rotatable bonds is 9. The minimum absolute atomic E-state index is 0.103. The topological polar surface area (TPSA) is 83.7 Å². The molecule has 2 rings (SSSR count). The van der Waals surface area contributed by atoms with Gasteiger partial charge in [0.25, 0.3) is 5.69 Å². The average molecular weight is 407 g/mol. The van der Waals surface area contributed by atoms with Gasteiger partial charge in [0.1, 0.15) is 0 Å². The second-order valence-corrected chi connectivity index (χ2v) is 14.2. The van der Waals surface area contributed by atoms with Gasteiger partial charge >= 0.3 is 17.1 Å². The lowest BCUT2D eigenvalue weighted by molar-refractivity contribution is -0.386. The summed E-state index contributed by atoms with van der Waals surface area (Å²) in [6, 6.07) is 9.06. The van der Waals surface area contributed by atoms with Crippen molar-refractivity contribution in [2.75, 3.05) is 0 Å². The van der Waals surface area contributed by atoms with Crippen LogP contribution in [-0.4, -0.2) is 27.0 Å². The van der Waals surface area contributed by atoms with Crippen LogP contribution in [0.5, 0.6) is 0 Å². The highest BCUT2D eigenvalue weighted by Gasteiger charge is 2.37. The molecule has 0 saturated carbocycles. The molecule has 1 aromatic carbocycles. The molecule has 0 aliphatic carbocycles. The predicted octanol–water partition coefficient (Wildman–Crippen LogP) is 4.45. The zero-order valence-corrected chi connectivity index (χ0v) is 18.4. The van der Waals surface area contributed by atoms with E-state index in [0.717, 1.165) is 5.56 Å². The second-order valence-electron chi connectivity index (χ2n) is 7.18. The number of pyridine rings is 1. The van der Waals surface area contributed by atoms with E-state index < -0.39 is 17.1 Å². The molecule has 0 amide bonds. The van der Waals surface area contributed by atoms with Crippen LogP contribution in [-0.2, 0) is 26.2 Å². The minimum atomic E-state index is -2.54. The van der Waals surface area contributed by atoms with Gasteiger partial charge in [-0.25, -0.2) is 0 Å². The molecule has 0 saturated heterocycles. The van der Waals surface area contributed by atoms with Crippen molar-refractivity contribution in [3.05, 3.63) is 69.5 Å². The van der Waals surface area contributed by atoms with E-state index in [1.54, 1.807) is 37.5 Å². The maximum absolute atomic E-state index is 11.3. The number of nitro groups is 1. The van der Waals surface area contributed by atoms with Crippen molar-refractivity contribution in [2.45, 2.75) is 46.3 Å². The highest BCUT2D eigenvalue weighted by molar-refractivity contribution is 6.78. The third-order valence-electron chi connectivity index (χ3n) is 3.88. The molecule has 0 fully saturated rings. The van der Waals surface area contributed by atoms with E-state index in [1.165, 1.54) is 0 Å². The van der Waals surface area contributed by atoms with E-state index in [4.69, 9.17) is 13.0 Å². The van der Waals surface area contributed by atoms with Gasteiger partial charge in [-0.1, -0.05) is 18.2 Å². The first-order valence-electron chi connectivity index (χ1n) is 8.69. The fourth-order valence-corrected chi connectivity index (χ4v) is 8.96. The summed E-state index contributed by atoms with van der Waals surface area (Å²) in [5.74, 6) is 0. The number of hydrogen-bond acceptors (Lipinski definition) is 6. The van der Waals surface area contributed by atoms with E-state index in [9.17, 15) is 10.1 Å². The van der Waals surface area contributed by atoms with Gasteiger partial charge in [0, 0.05) is 18.0 Å². The van der Waals surface area contributed by atoms with Crippen LogP contribution in [0.25, 0.3) is 0 Å². The fraction of sp³-hybridized carbons (Fsp3) is 0.389. The summed E-state index contributed by atoms with van der Waals surface area (Å²) in [7, 11) is -4.97. The molecule has 0 aliphatic heterocycles. The second kappa shape index (κ2) is 8.85. The summed E-state index contributed by atoms with van der Waals surface area (Å²) in [4.78, 5) is 15.0. The lowest BCUT2D eigenvalue weighted by Crippen LogP contribution is -2.48. The standard InChI is InChI=1S/C18H26N2O5Si2/c1-15-8-6-10-17(18(15)20(21)22)14-24-27(4,5)25-26(2,3)23-13-16-9-7-11-19-12-16/h6-12H,13-14H2,1-5H3. The van der Waals surface area contributed by atoms with Crippen LogP contribution in [0.4, 0.5) is 5.69 Å². The van der Waals surface area contributed by atoms with Crippen LogP contribution in [0.3, 0.4) is 0 Å². The number of aryl methyl sites for hydroxylation is 1. The van der Waals surface area contributed by atoms with Gasteiger partial charge in [-0.05, 0) is 50.8 Å². The number of hydrogen-bond donors (Lipinski definition) is 0. The summed E-state index contributed by atoms with van der Waals surface area (Å²) in [6.45, 7) is 10.1. The molecule has 0 unspecified atom stereocenters. The lowest BCUT2D eigenvalue weighted by atomic mass is 10.1. The first kappa shape index (κ1) is 21.4. The van der Waals surface area contributed by atoms with Gasteiger partial charge in [0.2, 0.25) is 0 Å². The van der Waals surface area contributed by atoms with Crippen LogP contribution in [0.2, 0.25) is 26.2 Å². The Morgan fingerprint density at radius 2 is 1.70 bits per heavy atom. The van der Waals surface area contributed by atoms with Gasteiger partial charge in [-0.3, -0.25) is 15.1 Å². The molecule has 0 spiro atoms. The van der Waals surface area contributed by atoms with Crippen molar-refractivity contribution >= 4 is 22.8 Å². The number of nitrogens with zero attached hydrogens (tertiary/aromatic N) is 2. The molecule has 7 nitrogen and oxygen atoms in total. The molecule has 0 atom stereocenters. The van der Waals surface area contributed by atoms with Crippen LogP contribution in [0.1, 0.15) is 16.7 Å². The number of aromatic nitrogens is 1. The Morgan fingerprint density at radius 3 is 2.30 bits per heavy atom. The molecule has 0 N–H and O–H groups in total. The molecule has 0 radical (unpaired) electrons. The van der Waals surface area contributed by atoms with Crippen molar-refractivity contribution in [2.24, 2.45) is 0 Å². The number of nitro benzene ring substituents is 1. The Hall–Kier alpha value is -1.92. The zero-order chi connectivity index (χ0) is 20.1. The van der Waals surface area contributed by atoms with E-state index in [2.05, 4.69) is 4.98 Å². The van der Waals surface area contributed by atoms with Crippen molar-refractivity contribution in [3.8, 4) is 0 Å². The van der Waals surface area contributed by atoms with Crippen LogP contribution < -0.4 is 0 Å². The monoisotopic (exact) mass is 406 g/mol. The normalized spacial score (nSPS) is 12.2. The Kier molecular flexibility index (Phi) is 7.01. The smallest absolute Gasteiger partial charge is 0.323 e. The van der Waals surface area contributed by atoms with Gasteiger partial charge in [0.05, 0.1) is 23.7 Å². The van der Waals surface area contributed by atoms with Gasteiger partial charge in [0.15, 0.2) is 0 Å². The molecular weight excluding hydrogens is 380 g/mol. The van der Waals surface area contributed by atoms with Crippen molar-refractivity contribution < 1.29 is 17.9 Å². The Morgan fingerprint density at radius 1 is 1.04 bits per heavy atom. The molecule has 0 bridgehead atoms. The van der Waals surface area contributed by atoms with Gasteiger partial charge in [-0.15, -0.1) is 0 Å². The quantitative estimate of drug-likeness (QED) is 0.347. The van der Waals surface area contributed by atoms with Gasteiger partial charge < -0.3 is 13.0 Å². The molecule has 27 heavy (non-hydrogen) atoms. The Labute approximate surface area is 162 Å². The Balaban J connectivity index is 1.98. The summed E-state index contributed by atoms with van der Waals surface area (Å²) in [5, 5.41) is 11.3. The van der Waals surface area contributed by atoms with Gasteiger partial charge in [-0.2, -0.15) is 0 Å². The summed E-state index contributed by atoms with van der Waals surface area (Å²) >= 11 is 0. The highest BCUT2D eigenvalue weighted by Crippen LogP contribution is 2.26. The van der Waals surface area contributed by atoms with E-state index >= 15 is 0 Å². The summed E-state index contributed by atoms with van der Waals surface area (Å²) < 4.78 is 18.3. The zero-order valence-electron chi connectivity index (χ0n) is 16.4. The number of para-hydroxylation sites is 1. The first-order valence-corrected chi connectivity index (χ1v) is 14.3. The van der Waals surface area contributed by atoms with Crippen LogP contribution in [0, 0.1) is 17.0 Å². The molecule has 2 aromatic rings. The molecule has 1 aromatic heterocycles. The largest absolute Gasteiger partial charge is 0.415 e. The van der Waals surface area contributed by atoms with Crippen molar-refractivity contribution in [3.63, 3.8) is 0 Å². The predicted molar refractivity (Wildman–Crippen MR) is 108 cm³/mol. The van der Waals surface area contributed by atoms with E-state index in [1.807, 2.05) is 38.3 Å². The van der Waals surface area contributed by atoms with E-state index in [0.29, 0.717) is 17.7 Å². The van der Waals surface area contributed by atoms with E-state index in [-0.39, 0.29) is 17.2 Å². The first-order chi connectivity index (χ1) is 12.6. The highest BCUT2D eigenvalue weighted by atomic mass is 28.5. The maximum Gasteiger partial charge on any atom is 0.323 e. The molecule has 1 heterocycles. The lowest BCUT2D eigenvalue weighted by Gasteiger charge is -2.32. The maximum atomic E-state index is 11.3. The number of benzene rings is 1. The fourth-order valence-electron chi connectivity index (χ4n) is 2.74. The van der Waals surface area contributed by atoms with Crippen molar-refractivity contribution in [1.29, 1.82) is 0 Å². The SMILES string of the molecule is Cc1cccc(CO[Si](C)(C)O[Si](C)(C)OCc2cccnc2)c1[N+](=O)[O-]. The summed E-state index contributed by atoms with van der Waals surface area (Å²) in [5.41, 5.74) is 2.26. The molecule has 146 valence electrons. The summed E-state index contributed by atoms with van der Waals surface area (Å²) in [6.07, 6.45) is 3.48. The third kappa shape index (κ3) is 6.63. The molecular formula is C18H26N2O5Si2. The van der Waals surface area contributed by atoms with Crippen molar-refractivity contribution in [1.82, 2.24) is 4.98 Å². The minimum Gasteiger partial charge on any atom is -0.415 e. The third-order valence-corrected chi connectivity index (χ3v) is 9.49. The molecule has 0 aliphatic rings. The van der Waals surface area contributed by atoms with Crippen LogP contribution >= 0.6 is 0 Å². The Bertz CT molecular complexity index is 785. The average Bonchev–Trinajstić information content (AvgIpc) is 2.58. The van der Waals surface area contributed by atoms with Crippen LogP contribution in [0.15, 0.2) is 42.7 Å².